The molecule has 0 aromatic carbocycles. The Labute approximate surface area is 225 Å². The zero-order valence-electron chi connectivity index (χ0n) is 22.1. The van der Waals surface area contributed by atoms with E-state index in [1.165, 1.54) is 10.9 Å². The maximum absolute atomic E-state index is 13.2. The number of aromatic nitrogens is 6. The second kappa shape index (κ2) is 11.6. The number of halogens is 1. The number of pyridine rings is 2. The first-order chi connectivity index (χ1) is 18.6. The predicted octanol–water partition coefficient (Wildman–Crippen LogP) is 3.61. The van der Waals surface area contributed by atoms with E-state index in [0.717, 1.165) is 11.8 Å². The number of nitrogens with one attached hydrogen (secondary N) is 1. The highest BCUT2D eigenvalue weighted by molar-refractivity contribution is 5.94. The zero-order chi connectivity index (χ0) is 28.1. The molecule has 0 bridgehead atoms. The first-order valence-corrected chi connectivity index (χ1v) is 12.2. The van der Waals surface area contributed by atoms with Crippen LogP contribution in [0.5, 0.6) is 0 Å². The van der Waals surface area contributed by atoms with E-state index in [2.05, 4.69) is 35.3 Å². The molecular formula is C27H29FN10O. The van der Waals surface area contributed by atoms with Gasteiger partial charge in [-0.1, -0.05) is 13.0 Å². The molecule has 200 valence electrons. The van der Waals surface area contributed by atoms with E-state index in [9.17, 15) is 9.18 Å². The quantitative estimate of drug-likeness (QED) is 0.231. The Balaban J connectivity index is 1.49. The van der Waals surface area contributed by atoms with E-state index < -0.39 is 5.82 Å². The molecule has 4 heterocycles. The van der Waals surface area contributed by atoms with Crippen molar-refractivity contribution in [1.82, 2.24) is 35.0 Å². The summed E-state index contributed by atoms with van der Waals surface area (Å²) in [7, 11) is 0. The van der Waals surface area contributed by atoms with Crippen molar-refractivity contribution in [2.24, 2.45) is 16.5 Å². The Bertz CT molecular complexity index is 1560. The van der Waals surface area contributed by atoms with Crippen LogP contribution in [0.15, 0.2) is 65.8 Å². The van der Waals surface area contributed by atoms with E-state index in [1.54, 1.807) is 49.7 Å². The lowest BCUT2D eigenvalue weighted by molar-refractivity contribution is 0.0934. The van der Waals surface area contributed by atoms with Gasteiger partial charge in [0, 0.05) is 35.4 Å². The van der Waals surface area contributed by atoms with E-state index >= 15 is 0 Å². The van der Waals surface area contributed by atoms with Gasteiger partial charge in [0.25, 0.3) is 5.91 Å². The van der Waals surface area contributed by atoms with E-state index in [1.807, 2.05) is 20.8 Å². The summed E-state index contributed by atoms with van der Waals surface area (Å²) in [5.41, 5.74) is 15.4. The minimum absolute atomic E-state index is 0.244. The molecule has 0 fully saturated rings. The third kappa shape index (κ3) is 6.66. The number of hydrogen-bond donors (Lipinski definition) is 3. The van der Waals surface area contributed by atoms with Crippen molar-refractivity contribution in [3.63, 3.8) is 0 Å². The van der Waals surface area contributed by atoms with Crippen molar-refractivity contribution in [2.45, 2.75) is 40.2 Å². The van der Waals surface area contributed by atoms with Crippen LogP contribution in [0.4, 0.5) is 10.2 Å². The maximum Gasteiger partial charge on any atom is 0.270 e. The summed E-state index contributed by atoms with van der Waals surface area (Å²) in [6.07, 6.45) is 7.76. The Morgan fingerprint density at radius 3 is 2.59 bits per heavy atom. The standard InChI is InChI=1S/C27H29FN10O/c1-5-21(29)10-22(30)36-23-9-16(3)34-26(37-23)19-8-15(2)25(32-12-19)27(39)35-17(4)18-6-7-24(31-11-18)38-14-20(28)13-33-38/h6-14,17H,5,29H2,1-4H3,(H,35,39)(H2,30,34,36,37)/b21-10-. The monoisotopic (exact) mass is 528 g/mol. The molecule has 1 atom stereocenters. The average Bonchev–Trinajstić information content (AvgIpc) is 3.34. The van der Waals surface area contributed by atoms with E-state index in [0.29, 0.717) is 46.4 Å². The number of allylic oxidation sites excluding steroid dienone is 1. The van der Waals surface area contributed by atoms with Crippen LogP contribution in [0.3, 0.4) is 0 Å². The topological polar surface area (TPSA) is 163 Å². The van der Waals surface area contributed by atoms with Gasteiger partial charge in [-0.3, -0.25) is 9.78 Å². The largest absolute Gasteiger partial charge is 0.402 e. The van der Waals surface area contributed by atoms with Crippen LogP contribution in [0, 0.1) is 19.7 Å². The van der Waals surface area contributed by atoms with Gasteiger partial charge in [0.1, 0.15) is 11.5 Å². The molecule has 4 rings (SSSR count). The molecule has 0 spiro atoms. The molecule has 11 nitrogen and oxygen atoms in total. The predicted molar refractivity (Wildman–Crippen MR) is 146 cm³/mol. The summed E-state index contributed by atoms with van der Waals surface area (Å²) in [4.78, 5) is 35.0. The number of nitrogens with two attached hydrogens (primary N) is 2. The smallest absolute Gasteiger partial charge is 0.270 e. The molecule has 0 saturated heterocycles. The average molecular weight is 529 g/mol. The minimum atomic E-state index is -0.451. The number of amidine groups is 1. The van der Waals surface area contributed by atoms with E-state index in [4.69, 9.17) is 11.5 Å². The van der Waals surface area contributed by atoms with Crippen molar-refractivity contribution >= 4 is 17.6 Å². The Kier molecular flexibility index (Phi) is 8.04. The normalized spacial score (nSPS) is 12.8. The number of nitrogens with zero attached hydrogens (tertiary/aromatic N) is 7. The number of amides is 1. The second-order valence-corrected chi connectivity index (χ2v) is 8.94. The summed E-state index contributed by atoms with van der Waals surface area (Å²) < 4.78 is 14.6. The number of hydrogen-bond acceptors (Lipinski definition) is 8. The number of rotatable bonds is 8. The van der Waals surface area contributed by atoms with Gasteiger partial charge in [0.15, 0.2) is 23.3 Å². The van der Waals surface area contributed by atoms with Crippen molar-refractivity contribution < 1.29 is 9.18 Å². The third-order valence-corrected chi connectivity index (χ3v) is 5.78. The van der Waals surface area contributed by atoms with Crippen LogP contribution in [0.1, 0.15) is 53.6 Å². The number of aliphatic imine (C=N–C) groups is 1. The van der Waals surface area contributed by atoms with Gasteiger partial charge in [-0.25, -0.2) is 29.0 Å². The van der Waals surface area contributed by atoms with Crippen LogP contribution in [0.2, 0.25) is 0 Å². The highest BCUT2D eigenvalue weighted by Crippen LogP contribution is 2.22. The lowest BCUT2D eigenvalue weighted by atomic mass is 10.1. The van der Waals surface area contributed by atoms with Gasteiger partial charge >= 0.3 is 0 Å². The fourth-order valence-electron chi connectivity index (χ4n) is 3.69. The fourth-order valence-corrected chi connectivity index (χ4v) is 3.69. The van der Waals surface area contributed by atoms with Crippen LogP contribution < -0.4 is 16.8 Å². The molecule has 5 N–H and O–H groups in total. The second-order valence-electron chi connectivity index (χ2n) is 8.94. The minimum Gasteiger partial charge on any atom is -0.402 e. The highest BCUT2D eigenvalue weighted by atomic mass is 19.1. The van der Waals surface area contributed by atoms with E-state index in [-0.39, 0.29) is 23.5 Å². The van der Waals surface area contributed by atoms with Crippen LogP contribution in [-0.2, 0) is 0 Å². The molecule has 0 aliphatic carbocycles. The molecular weight excluding hydrogens is 499 g/mol. The SMILES string of the molecule is CC/C(N)=C/C(N)=Nc1cc(C)nc(-c2cnc(C(=O)NC(C)c3ccc(-n4cc(F)cn4)nc3)c(C)c2)n1. The van der Waals surface area contributed by atoms with Gasteiger partial charge in [-0.2, -0.15) is 5.10 Å². The molecule has 12 heteroatoms. The van der Waals surface area contributed by atoms with Crippen LogP contribution in [0.25, 0.3) is 17.2 Å². The lowest BCUT2D eigenvalue weighted by Crippen LogP contribution is -2.28. The molecule has 0 aliphatic rings. The van der Waals surface area contributed by atoms with Gasteiger partial charge in [-0.05, 0) is 56.5 Å². The Morgan fingerprint density at radius 2 is 1.95 bits per heavy atom. The molecule has 4 aromatic heterocycles. The zero-order valence-corrected chi connectivity index (χ0v) is 22.1. The van der Waals surface area contributed by atoms with Crippen LogP contribution in [-0.4, -0.2) is 41.5 Å². The summed E-state index contributed by atoms with van der Waals surface area (Å²) in [5, 5.41) is 6.83. The lowest BCUT2D eigenvalue weighted by Gasteiger charge is -2.15. The first kappa shape index (κ1) is 27.0. The third-order valence-electron chi connectivity index (χ3n) is 5.78. The molecule has 0 aliphatic heterocycles. The fraction of sp³-hybridized carbons (Fsp3) is 0.222. The van der Waals surface area contributed by atoms with Gasteiger partial charge in [-0.15, -0.1) is 0 Å². The Morgan fingerprint density at radius 1 is 1.15 bits per heavy atom. The summed E-state index contributed by atoms with van der Waals surface area (Å²) in [6.45, 7) is 7.38. The van der Waals surface area contributed by atoms with Gasteiger partial charge in [0.2, 0.25) is 0 Å². The van der Waals surface area contributed by atoms with Crippen molar-refractivity contribution in [2.75, 3.05) is 0 Å². The van der Waals surface area contributed by atoms with Gasteiger partial charge < -0.3 is 16.8 Å². The summed E-state index contributed by atoms with van der Waals surface area (Å²) >= 11 is 0. The number of aryl methyl sites for hydroxylation is 2. The molecule has 1 amide bonds. The molecule has 39 heavy (non-hydrogen) atoms. The summed E-state index contributed by atoms with van der Waals surface area (Å²) in [5.74, 6) is 0.718. The van der Waals surface area contributed by atoms with Crippen molar-refractivity contribution in [3.05, 3.63) is 89.2 Å². The van der Waals surface area contributed by atoms with Crippen molar-refractivity contribution in [3.8, 4) is 17.2 Å². The van der Waals surface area contributed by atoms with Crippen molar-refractivity contribution in [1.29, 1.82) is 0 Å². The van der Waals surface area contributed by atoms with Crippen LogP contribution >= 0.6 is 0 Å². The molecule has 4 aromatic rings. The Hall–Kier alpha value is -5.00. The molecule has 0 saturated carbocycles. The molecule has 1 unspecified atom stereocenters. The maximum atomic E-state index is 13.2. The highest BCUT2D eigenvalue weighted by Gasteiger charge is 2.17. The number of carbonyl (C=O) groups is 1. The first-order valence-electron chi connectivity index (χ1n) is 12.2. The summed E-state index contributed by atoms with van der Waals surface area (Å²) in [6, 6.07) is 6.66. The molecule has 0 radical (unpaired) electrons. The van der Waals surface area contributed by atoms with Gasteiger partial charge in [0.05, 0.1) is 18.4 Å². The number of carbonyl (C=O) groups excluding carboxylic acids is 1.